The molecule has 0 bridgehead atoms. The van der Waals surface area contributed by atoms with Crippen LogP contribution in [0.4, 0.5) is 0 Å². The molecule has 2 heterocycles. The van der Waals surface area contributed by atoms with E-state index in [0.717, 1.165) is 25.4 Å². The van der Waals surface area contributed by atoms with E-state index in [1.54, 1.807) is 19.3 Å². The van der Waals surface area contributed by atoms with Gasteiger partial charge in [0.2, 0.25) is 0 Å². The van der Waals surface area contributed by atoms with Gasteiger partial charge in [0.25, 0.3) is 11.5 Å². The molecule has 25 heavy (non-hydrogen) atoms. The number of aromatic nitrogens is 1. The number of aryl methyl sites for hydroxylation is 1. The Hall–Kier alpha value is -2.60. The first-order valence-corrected chi connectivity index (χ1v) is 8.49. The molecule has 0 atom stereocenters. The van der Waals surface area contributed by atoms with Crippen LogP contribution in [0.15, 0.2) is 53.5 Å². The zero-order valence-electron chi connectivity index (χ0n) is 14.4. The van der Waals surface area contributed by atoms with E-state index in [1.165, 1.54) is 10.6 Å². The van der Waals surface area contributed by atoms with Gasteiger partial charge in [-0.05, 0) is 18.2 Å². The number of ether oxygens (including phenoxy) is 1. The molecule has 2 aromatic rings. The molecule has 6 heteroatoms. The number of amides is 1. The van der Waals surface area contributed by atoms with Gasteiger partial charge in [-0.1, -0.05) is 18.2 Å². The first-order chi connectivity index (χ1) is 12.1. The first kappa shape index (κ1) is 17.2. The summed E-state index contributed by atoms with van der Waals surface area (Å²) in [5.74, 6) is 0.805. The fourth-order valence-corrected chi connectivity index (χ4v) is 2.85. The van der Waals surface area contributed by atoms with Crippen molar-refractivity contribution >= 4 is 5.91 Å². The van der Waals surface area contributed by atoms with E-state index < -0.39 is 0 Å². The Morgan fingerprint density at radius 3 is 2.48 bits per heavy atom. The number of nitrogens with zero attached hydrogens (tertiary/aromatic N) is 3. The predicted molar refractivity (Wildman–Crippen MR) is 96.0 cm³/mol. The van der Waals surface area contributed by atoms with Crippen molar-refractivity contribution in [1.82, 2.24) is 14.4 Å². The Bertz CT molecular complexity index is 765. The van der Waals surface area contributed by atoms with Crippen molar-refractivity contribution in [3.63, 3.8) is 0 Å². The molecular weight excluding hydrogens is 318 g/mol. The lowest BCUT2D eigenvalue weighted by molar-refractivity contribution is 0.0620. The quantitative estimate of drug-likeness (QED) is 0.821. The molecule has 6 nitrogen and oxygen atoms in total. The number of hydrogen-bond acceptors (Lipinski definition) is 4. The topological polar surface area (TPSA) is 54.8 Å². The van der Waals surface area contributed by atoms with Gasteiger partial charge < -0.3 is 14.2 Å². The number of piperazine rings is 1. The van der Waals surface area contributed by atoms with E-state index in [2.05, 4.69) is 4.90 Å². The second-order valence-electron chi connectivity index (χ2n) is 6.16. The summed E-state index contributed by atoms with van der Waals surface area (Å²) in [6, 6.07) is 12.9. The second kappa shape index (κ2) is 7.98. The molecule has 0 unspecified atom stereocenters. The summed E-state index contributed by atoms with van der Waals surface area (Å²) in [5, 5.41) is 0. The summed E-state index contributed by atoms with van der Waals surface area (Å²) in [4.78, 5) is 28.3. The SMILES string of the molecule is Cn1ccc(C(=O)N2CCN(CCOc3ccccc3)CC2)cc1=O. The van der Waals surface area contributed by atoms with Gasteiger partial charge in [-0.25, -0.2) is 0 Å². The zero-order valence-corrected chi connectivity index (χ0v) is 14.4. The third-order valence-corrected chi connectivity index (χ3v) is 4.43. The van der Waals surface area contributed by atoms with Crippen LogP contribution in [0.5, 0.6) is 5.75 Å². The molecule has 0 N–H and O–H groups in total. The van der Waals surface area contributed by atoms with Gasteiger partial charge in [-0.3, -0.25) is 14.5 Å². The molecule has 1 aliphatic heterocycles. The van der Waals surface area contributed by atoms with Crippen molar-refractivity contribution in [3.8, 4) is 5.75 Å². The van der Waals surface area contributed by atoms with Crippen molar-refractivity contribution in [2.45, 2.75) is 0 Å². The molecule has 132 valence electrons. The van der Waals surface area contributed by atoms with Crippen molar-refractivity contribution < 1.29 is 9.53 Å². The molecule has 1 aromatic carbocycles. The Kier molecular flexibility index (Phi) is 5.50. The molecule has 1 saturated heterocycles. The van der Waals surface area contributed by atoms with E-state index in [9.17, 15) is 9.59 Å². The second-order valence-corrected chi connectivity index (χ2v) is 6.16. The monoisotopic (exact) mass is 341 g/mol. The Morgan fingerprint density at radius 1 is 1.08 bits per heavy atom. The van der Waals surface area contributed by atoms with E-state index in [0.29, 0.717) is 25.3 Å². The molecule has 3 rings (SSSR count). The maximum absolute atomic E-state index is 12.5. The lowest BCUT2D eigenvalue weighted by atomic mass is 10.2. The normalized spacial score (nSPS) is 15.2. The largest absolute Gasteiger partial charge is 0.492 e. The van der Waals surface area contributed by atoms with E-state index in [4.69, 9.17) is 4.74 Å². The van der Waals surface area contributed by atoms with Gasteiger partial charge in [-0.2, -0.15) is 0 Å². The average Bonchev–Trinajstić information content (AvgIpc) is 2.65. The fourth-order valence-electron chi connectivity index (χ4n) is 2.85. The predicted octanol–water partition coefficient (Wildman–Crippen LogP) is 1.22. The third-order valence-electron chi connectivity index (χ3n) is 4.43. The van der Waals surface area contributed by atoms with E-state index >= 15 is 0 Å². The van der Waals surface area contributed by atoms with Crippen LogP contribution in [0.25, 0.3) is 0 Å². The Balaban J connectivity index is 1.45. The number of para-hydroxylation sites is 1. The van der Waals surface area contributed by atoms with Gasteiger partial charge in [0, 0.05) is 57.6 Å². The number of benzene rings is 1. The van der Waals surface area contributed by atoms with Crippen molar-refractivity contribution in [2.75, 3.05) is 39.3 Å². The molecule has 0 spiro atoms. The van der Waals surface area contributed by atoms with Crippen molar-refractivity contribution in [2.24, 2.45) is 7.05 Å². The molecule has 1 aromatic heterocycles. The Labute approximate surface area is 147 Å². The number of rotatable bonds is 5. The average molecular weight is 341 g/mol. The van der Waals surface area contributed by atoms with Crippen LogP contribution in [0.3, 0.4) is 0 Å². The molecule has 1 amide bonds. The lowest BCUT2D eigenvalue weighted by Gasteiger charge is -2.34. The number of carbonyl (C=O) groups excluding carboxylic acids is 1. The van der Waals surface area contributed by atoms with Gasteiger partial charge in [0.05, 0.1) is 0 Å². The maximum atomic E-state index is 12.5. The summed E-state index contributed by atoms with van der Waals surface area (Å²) >= 11 is 0. The zero-order chi connectivity index (χ0) is 17.6. The molecule has 0 aliphatic carbocycles. The highest BCUT2D eigenvalue weighted by molar-refractivity contribution is 5.94. The fraction of sp³-hybridized carbons (Fsp3) is 0.368. The molecule has 0 radical (unpaired) electrons. The van der Waals surface area contributed by atoms with Crippen LogP contribution in [-0.4, -0.2) is 59.6 Å². The van der Waals surface area contributed by atoms with Crippen molar-refractivity contribution in [3.05, 3.63) is 64.6 Å². The standard InChI is InChI=1S/C19H23N3O3/c1-20-8-7-16(15-18(20)23)19(24)22-11-9-21(10-12-22)13-14-25-17-5-3-2-4-6-17/h2-8,15H,9-14H2,1H3. The van der Waals surface area contributed by atoms with Crippen LogP contribution in [0, 0.1) is 0 Å². The van der Waals surface area contributed by atoms with E-state index in [1.807, 2.05) is 35.2 Å². The van der Waals surface area contributed by atoms with Crippen molar-refractivity contribution in [1.29, 1.82) is 0 Å². The minimum Gasteiger partial charge on any atom is -0.492 e. The van der Waals surface area contributed by atoms with Gasteiger partial charge in [-0.15, -0.1) is 0 Å². The molecule has 1 aliphatic rings. The summed E-state index contributed by atoms with van der Waals surface area (Å²) in [7, 11) is 1.67. The van der Waals surface area contributed by atoms with Gasteiger partial charge >= 0.3 is 0 Å². The highest BCUT2D eigenvalue weighted by Crippen LogP contribution is 2.10. The van der Waals surface area contributed by atoms with Crippen LogP contribution in [0.2, 0.25) is 0 Å². The molecular formula is C19H23N3O3. The highest BCUT2D eigenvalue weighted by atomic mass is 16.5. The summed E-state index contributed by atoms with van der Waals surface area (Å²) in [5.41, 5.74) is 0.298. The number of pyridine rings is 1. The smallest absolute Gasteiger partial charge is 0.254 e. The molecule has 0 saturated carbocycles. The Morgan fingerprint density at radius 2 is 1.80 bits per heavy atom. The summed E-state index contributed by atoms with van der Waals surface area (Å²) in [6.07, 6.45) is 1.63. The minimum atomic E-state index is -0.164. The summed E-state index contributed by atoms with van der Waals surface area (Å²) < 4.78 is 7.18. The van der Waals surface area contributed by atoms with E-state index in [-0.39, 0.29) is 11.5 Å². The van der Waals surface area contributed by atoms with Gasteiger partial charge in [0.15, 0.2) is 0 Å². The summed E-state index contributed by atoms with van der Waals surface area (Å²) in [6.45, 7) is 4.43. The third kappa shape index (κ3) is 4.48. The number of hydrogen-bond donors (Lipinski definition) is 0. The van der Waals surface area contributed by atoms with Gasteiger partial charge in [0.1, 0.15) is 12.4 Å². The lowest BCUT2D eigenvalue weighted by Crippen LogP contribution is -2.49. The first-order valence-electron chi connectivity index (χ1n) is 8.49. The maximum Gasteiger partial charge on any atom is 0.254 e. The van der Waals surface area contributed by atoms with Crippen LogP contribution in [0.1, 0.15) is 10.4 Å². The van der Waals surface area contributed by atoms with Crippen LogP contribution >= 0.6 is 0 Å². The van der Waals surface area contributed by atoms with Crippen LogP contribution < -0.4 is 10.3 Å². The number of carbonyl (C=O) groups is 1. The highest BCUT2D eigenvalue weighted by Gasteiger charge is 2.22. The molecule has 1 fully saturated rings. The minimum absolute atomic E-state index is 0.0714. The van der Waals surface area contributed by atoms with Crippen LogP contribution in [-0.2, 0) is 7.05 Å².